The van der Waals surface area contributed by atoms with Crippen molar-refractivity contribution in [3.8, 4) is 5.75 Å². The number of nitrogens with zero attached hydrogens (tertiary/aromatic N) is 1. The van der Waals surface area contributed by atoms with Gasteiger partial charge in [-0.3, -0.25) is 14.5 Å². The van der Waals surface area contributed by atoms with Crippen molar-refractivity contribution in [1.82, 2.24) is 4.90 Å². The van der Waals surface area contributed by atoms with Gasteiger partial charge in [0.25, 0.3) is 11.8 Å². The van der Waals surface area contributed by atoms with E-state index in [-0.39, 0.29) is 11.8 Å². The Morgan fingerprint density at radius 1 is 1.00 bits per heavy atom. The van der Waals surface area contributed by atoms with Crippen molar-refractivity contribution < 1.29 is 18.8 Å². The van der Waals surface area contributed by atoms with E-state index in [1.54, 1.807) is 30.3 Å². The molecule has 2 aromatic carbocycles. The zero-order valence-electron chi connectivity index (χ0n) is 21.2. The maximum Gasteiger partial charge on any atom is 0.261 e. The predicted molar refractivity (Wildman–Crippen MR) is 138 cm³/mol. The van der Waals surface area contributed by atoms with Gasteiger partial charge in [0.05, 0.1) is 6.04 Å². The SMILES string of the molecule is C=CCOc1cccc(C2[C@@H](O[Si](C(C)C)(C(C)C)C(C)C)C(=O)N2C(=O)c2ccccc2)c1. The summed E-state index contributed by atoms with van der Waals surface area (Å²) in [6.07, 6.45) is 0.992. The van der Waals surface area contributed by atoms with E-state index in [0.29, 0.717) is 34.5 Å². The summed E-state index contributed by atoms with van der Waals surface area (Å²) in [5, 5.41) is 0. The van der Waals surface area contributed by atoms with Crippen LogP contribution in [0.3, 0.4) is 0 Å². The highest BCUT2D eigenvalue weighted by Crippen LogP contribution is 2.48. The van der Waals surface area contributed by atoms with Gasteiger partial charge in [-0.15, -0.1) is 0 Å². The van der Waals surface area contributed by atoms with Gasteiger partial charge in [-0.25, -0.2) is 0 Å². The average molecular weight is 480 g/mol. The van der Waals surface area contributed by atoms with Crippen LogP contribution in [0.25, 0.3) is 0 Å². The second kappa shape index (κ2) is 10.7. The largest absolute Gasteiger partial charge is 0.490 e. The van der Waals surface area contributed by atoms with E-state index in [1.807, 2.05) is 30.3 Å². The first-order valence-electron chi connectivity index (χ1n) is 12.1. The van der Waals surface area contributed by atoms with E-state index < -0.39 is 20.5 Å². The molecule has 0 saturated carbocycles. The number of benzene rings is 2. The molecule has 0 bridgehead atoms. The highest BCUT2D eigenvalue weighted by atomic mass is 28.4. The first-order valence-corrected chi connectivity index (χ1v) is 14.2. The molecular formula is C28H37NO4Si. The van der Waals surface area contributed by atoms with Crippen LogP contribution < -0.4 is 4.74 Å². The molecule has 0 radical (unpaired) electrons. The number of amides is 2. The van der Waals surface area contributed by atoms with E-state index in [2.05, 4.69) is 48.1 Å². The molecule has 1 aliphatic rings. The van der Waals surface area contributed by atoms with Crippen LogP contribution >= 0.6 is 0 Å². The van der Waals surface area contributed by atoms with Gasteiger partial charge in [0.2, 0.25) is 8.32 Å². The highest BCUT2D eigenvalue weighted by molar-refractivity contribution is 6.77. The van der Waals surface area contributed by atoms with Crippen molar-refractivity contribution in [1.29, 1.82) is 0 Å². The maximum atomic E-state index is 13.5. The number of carbonyl (C=O) groups excluding carboxylic acids is 2. The minimum Gasteiger partial charge on any atom is -0.490 e. The van der Waals surface area contributed by atoms with Crippen LogP contribution in [0.2, 0.25) is 16.6 Å². The summed E-state index contributed by atoms with van der Waals surface area (Å²) >= 11 is 0. The van der Waals surface area contributed by atoms with Gasteiger partial charge >= 0.3 is 0 Å². The van der Waals surface area contributed by atoms with Gasteiger partial charge in [0, 0.05) is 5.56 Å². The fourth-order valence-electron chi connectivity index (χ4n) is 5.42. The van der Waals surface area contributed by atoms with Crippen molar-refractivity contribution in [2.75, 3.05) is 6.61 Å². The lowest BCUT2D eigenvalue weighted by Gasteiger charge is -2.52. The summed E-state index contributed by atoms with van der Waals surface area (Å²) in [7, 11) is -2.36. The normalized spacial score (nSPS) is 18.4. The van der Waals surface area contributed by atoms with Crippen LogP contribution in [-0.2, 0) is 9.22 Å². The molecule has 2 amide bonds. The zero-order valence-corrected chi connectivity index (χ0v) is 22.2. The quantitative estimate of drug-likeness (QED) is 0.168. The number of hydrogen-bond acceptors (Lipinski definition) is 4. The Hall–Kier alpha value is -2.70. The van der Waals surface area contributed by atoms with Crippen molar-refractivity contribution in [3.63, 3.8) is 0 Å². The lowest BCUT2D eigenvalue weighted by molar-refractivity contribution is -0.159. The van der Waals surface area contributed by atoms with Crippen molar-refractivity contribution >= 4 is 20.1 Å². The van der Waals surface area contributed by atoms with E-state index in [4.69, 9.17) is 9.16 Å². The summed E-state index contributed by atoms with van der Waals surface area (Å²) in [5.41, 5.74) is 2.28. The number of carbonyl (C=O) groups is 2. The van der Waals surface area contributed by atoms with Crippen molar-refractivity contribution in [3.05, 3.63) is 78.4 Å². The molecule has 1 unspecified atom stereocenters. The first kappa shape index (κ1) is 25.9. The third-order valence-corrected chi connectivity index (χ3v) is 13.0. The maximum absolute atomic E-state index is 13.5. The van der Waals surface area contributed by atoms with Gasteiger partial charge in [0.15, 0.2) is 6.10 Å². The lowest BCUT2D eigenvalue weighted by Crippen LogP contribution is -2.66. The van der Waals surface area contributed by atoms with E-state index in [1.165, 1.54) is 4.90 Å². The molecule has 2 atom stereocenters. The Morgan fingerprint density at radius 2 is 1.62 bits per heavy atom. The third kappa shape index (κ3) is 4.75. The van der Waals surface area contributed by atoms with Gasteiger partial charge in [-0.1, -0.05) is 84.5 Å². The number of β-lactam (4-membered cyclic amide) rings is 1. The number of imide groups is 1. The molecule has 1 heterocycles. The topological polar surface area (TPSA) is 55.8 Å². The Balaban J connectivity index is 2.04. The molecule has 0 aromatic heterocycles. The first-order chi connectivity index (χ1) is 16.1. The van der Waals surface area contributed by atoms with E-state index in [0.717, 1.165) is 5.56 Å². The summed E-state index contributed by atoms with van der Waals surface area (Å²) < 4.78 is 12.6. The molecule has 0 N–H and O–H groups in total. The molecule has 34 heavy (non-hydrogen) atoms. The minimum absolute atomic E-state index is 0.268. The molecule has 0 spiro atoms. The molecule has 2 aromatic rings. The standard InChI is InChI=1S/C28H37NO4Si/c1-8-17-32-24-16-12-15-23(18-24)25-26(33-34(19(2)3,20(4)5)21(6)7)28(31)29(25)27(30)22-13-10-9-11-14-22/h8-16,18-21,25-26H,1,17H2,2-7H3/t25?,26-/m1/s1. The minimum atomic E-state index is -2.36. The summed E-state index contributed by atoms with van der Waals surface area (Å²) in [4.78, 5) is 28.3. The third-order valence-electron chi connectivity index (χ3n) is 6.89. The van der Waals surface area contributed by atoms with Gasteiger partial charge in [-0.05, 0) is 46.5 Å². The second-order valence-electron chi connectivity index (χ2n) is 9.85. The Labute approximate surface area is 204 Å². The predicted octanol–water partition coefficient (Wildman–Crippen LogP) is 6.54. The Bertz CT molecular complexity index is 996. The Kier molecular flexibility index (Phi) is 8.15. The summed E-state index contributed by atoms with van der Waals surface area (Å²) in [6, 6.07) is 16.0. The highest BCUT2D eigenvalue weighted by Gasteiger charge is 2.57. The van der Waals surface area contributed by atoms with Gasteiger partial charge in [0.1, 0.15) is 12.4 Å². The zero-order chi connectivity index (χ0) is 25.0. The fourth-order valence-corrected chi connectivity index (χ4v) is 10.9. The van der Waals surface area contributed by atoms with E-state index >= 15 is 0 Å². The number of ether oxygens (including phenoxy) is 1. The van der Waals surface area contributed by atoms with E-state index in [9.17, 15) is 9.59 Å². The lowest BCUT2D eigenvalue weighted by atomic mass is 9.89. The molecular weight excluding hydrogens is 442 g/mol. The van der Waals surface area contributed by atoms with Crippen molar-refractivity contribution in [2.45, 2.75) is 70.3 Å². The smallest absolute Gasteiger partial charge is 0.261 e. The van der Waals surface area contributed by atoms with Gasteiger partial charge in [-0.2, -0.15) is 0 Å². The van der Waals surface area contributed by atoms with Crippen LogP contribution in [-0.4, -0.2) is 37.7 Å². The molecule has 1 saturated heterocycles. The molecule has 182 valence electrons. The molecule has 6 heteroatoms. The number of rotatable bonds is 10. The molecule has 5 nitrogen and oxygen atoms in total. The molecule has 1 aliphatic heterocycles. The van der Waals surface area contributed by atoms with Gasteiger partial charge < -0.3 is 9.16 Å². The summed E-state index contributed by atoms with van der Waals surface area (Å²) in [6.45, 7) is 17.3. The monoisotopic (exact) mass is 479 g/mol. The molecule has 0 aliphatic carbocycles. The number of likely N-dealkylation sites (tertiary alicyclic amines) is 1. The fraction of sp³-hybridized carbons (Fsp3) is 0.429. The van der Waals surface area contributed by atoms with Crippen LogP contribution in [0, 0.1) is 0 Å². The van der Waals surface area contributed by atoms with Crippen molar-refractivity contribution in [2.24, 2.45) is 0 Å². The summed E-state index contributed by atoms with van der Waals surface area (Å²) in [5.74, 6) is 0.0940. The van der Waals surface area contributed by atoms with Crippen LogP contribution in [0.15, 0.2) is 67.3 Å². The van der Waals surface area contributed by atoms with Crippen LogP contribution in [0.1, 0.15) is 63.5 Å². The van der Waals surface area contributed by atoms with Crippen LogP contribution in [0.5, 0.6) is 5.75 Å². The second-order valence-corrected chi connectivity index (χ2v) is 15.3. The Morgan fingerprint density at radius 3 is 2.18 bits per heavy atom. The molecule has 3 rings (SSSR count). The average Bonchev–Trinajstić information content (AvgIpc) is 2.81. The number of hydrogen-bond donors (Lipinski definition) is 0. The van der Waals surface area contributed by atoms with Crippen LogP contribution in [0.4, 0.5) is 0 Å². The molecule has 1 fully saturated rings.